The van der Waals surface area contributed by atoms with Crippen LogP contribution in [-0.2, 0) is 6.54 Å². The Morgan fingerprint density at radius 1 is 0.600 bits per heavy atom. The third-order valence-electron chi connectivity index (χ3n) is 6.74. The van der Waals surface area contributed by atoms with Crippen LogP contribution in [0.15, 0.2) is 143 Å². The van der Waals surface area contributed by atoms with Gasteiger partial charge in [0.1, 0.15) is 0 Å². The summed E-state index contributed by atoms with van der Waals surface area (Å²) < 4.78 is 0. The molecule has 1 aliphatic heterocycles. The number of hydrogen-bond donors (Lipinski definition) is 1. The van der Waals surface area contributed by atoms with Crippen LogP contribution in [0, 0.1) is 0 Å². The van der Waals surface area contributed by atoms with E-state index in [0.29, 0.717) is 0 Å². The van der Waals surface area contributed by atoms with Crippen molar-refractivity contribution in [3.63, 3.8) is 0 Å². The largest absolute Gasteiger partial charge is 0.381 e. The highest BCUT2D eigenvalue weighted by atomic mass is 32.2. The molecule has 1 unspecified atom stereocenters. The third kappa shape index (κ3) is 4.50. The van der Waals surface area contributed by atoms with Crippen molar-refractivity contribution in [3.8, 4) is 0 Å². The normalized spacial score (nSPS) is 16.4. The molecule has 0 aromatic heterocycles. The highest BCUT2D eigenvalue weighted by molar-refractivity contribution is 7.99. The molecule has 1 aliphatic carbocycles. The van der Waals surface area contributed by atoms with Crippen LogP contribution in [0.1, 0.15) is 39.7 Å². The topological polar surface area (TPSA) is 12.0 Å². The second-order valence-electron chi connectivity index (χ2n) is 8.98. The Balaban J connectivity index is 1.36. The Hall–Kier alpha value is -3.75. The fraction of sp³-hybridized carbons (Fsp3) is 0.0909. The van der Waals surface area contributed by atoms with Crippen LogP contribution in [0.3, 0.4) is 0 Å². The van der Waals surface area contributed by atoms with Crippen LogP contribution in [0.2, 0.25) is 0 Å². The van der Waals surface area contributed by atoms with Gasteiger partial charge in [0.05, 0.1) is 0 Å². The van der Waals surface area contributed by atoms with E-state index >= 15 is 0 Å². The van der Waals surface area contributed by atoms with Crippen molar-refractivity contribution in [2.24, 2.45) is 0 Å². The summed E-state index contributed by atoms with van der Waals surface area (Å²) in [6, 6.07) is 35.3. The Kier molecular flexibility index (Phi) is 6.13. The lowest BCUT2D eigenvalue weighted by Crippen LogP contribution is -2.12. The molecular weight excluding hydrogens is 442 g/mol. The Morgan fingerprint density at radius 2 is 1.29 bits per heavy atom. The molecule has 1 nitrogen and oxygen atoms in total. The Bertz CT molecular complexity index is 1400. The van der Waals surface area contributed by atoms with Crippen molar-refractivity contribution in [2.45, 2.75) is 28.2 Å². The molecule has 2 aliphatic rings. The van der Waals surface area contributed by atoms with Crippen LogP contribution >= 0.6 is 11.8 Å². The van der Waals surface area contributed by atoms with Crippen LogP contribution in [0.5, 0.6) is 0 Å². The van der Waals surface area contributed by atoms with Crippen molar-refractivity contribution >= 4 is 17.4 Å². The zero-order valence-corrected chi connectivity index (χ0v) is 20.3. The maximum atomic E-state index is 3.56. The quantitative estimate of drug-likeness (QED) is 0.276. The van der Waals surface area contributed by atoms with Gasteiger partial charge in [0.2, 0.25) is 0 Å². The van der Waals surface area contributed by atoms with E-state index in [2.05, 4.69) is 139 Å². The Labute approximate surface area is 211 Å². The lowest BCUT2D eigenvalue weighted by molar-refractivity contribution is 0.878. The first-order chi connectivity index (χ1) is 17.4. The van der Waals surface area contributed by atoms with E-state index < -0.39 is 0 Å². The van der Waals surface area contributed by atoms with E-state index in [1.54, 1.807) is 0 Å². The first-order valence-corrected chi connectivity index (χ1v) is 13.0. The van der Waals surface area contributed by atoms with Gasteiger partial charge in [-0.25, -0.2) is 0 Å². The molecule has 4 aromatic carbocycles. The van der Waals surface area contributed by atoms with Gasteiger partial charge in [-0.3, -0.25) is 0 Å². The SMILES string of the molecule is C1=CC=CC(c2cccc3c2Sc2ccccc2C3c2ccc(NCc3ccccc3)cc2)C=C1. The van der Waals surface area contributed by atoms with Crippen molar-refractivity contribution in [1.29, 1.82) is 0 Å². The monoisotopic (exact) mass is 469 g/mol. The molecule has 1 heterocycles. The Morgan fingerprint density at radius 3 is 2.09 bits per heavy atom. The summed E-state index contributed by atoms with van der Waals surface area (Å²) in [7, 11) is 0. The highest BCUT2D eigenvalue weighted by Gasteiger charge is 2.29. The molecule has 170 valence electrons. The van der Waals surface area contributed by atoms with Crippen LogP contribution in [-0.4, -0.2) is 0 Å². The summed E-state index contributed by atoms with van der Waals surface area (Å²) >= 11 is 1.92. The molecule has 0 amide bonds. The van der Waals surface area contributed by atoms with Gasteiger partial charge in [-0.2, -0.15) is 0 Å². The van der Waals surface area contributed by atoms with Crippen LogP contribution < -0.4 is 5.32 Å². The maximum absolute atomic E-state index is 3.56. The number of rotatable bonds is 5. The molecular formula is C33H27NS. The molecule has 1 atom stereocenters. The summed E-state index contributed by atoms with van der Waals surface area (Å²) in [6.07, 6.45) is 13.1. The predicted molar refractivity (Wildman–Crippen MR) is 148 cm³/mol. The lowest BCUT2D eigenvalue weighted by Gasteiger charge is -2.31. The molecule has 0 bridgehead atoms. The average molecular weight is 470 g/mol. The molecule has 35 heavy (non-hydrogen) atoms. The maximum Gasteiger partial charge on any atom is 0.0400 e. The van der Waals surface area contributed by atoms with E-state index in [9.17, 15) is 0 Å². The number of hydrogen-bond acceptors (Lipinski definition) is 2. The van der Waals surface area contributed by atoms with Crippen molar-refractivity contribution < 1.29 is 0 Å². The predicted octanol–water partition coefficient (Wildman–Crippen LogP) is 8.71. The van der Waals surface area contributed by atoms with Crippen LogP contribution in [0.4, 0.5) is 5.69 Å². The van der Waals surface area contributed by atoms with Gasteiger partial charge in [-0.05, 0) is 46.0 Å². The number of nitrogens with one attached hydrogen (secondary N) is 1. The van der Waals surface area contributed by atoms with Crippen molar-refractivity contribution in [2.75, 3.05) is 5.32 Å². The van der Waals surface area contributed by atoms with E-state index in [1.807, 2.05) is 11.8 Å². The zero-order chi connectivity index (χ0) is 23.5. The lowest BCUT2D eigenvalue weighted by atomic mass is 9.82. The van der Waals surface area contributed by atoms with Crippen LogP contribution in [0.25, 0.3) is 0 Å². The van der Waals surface area contributed by atoms with E-state index in [0.717, 1.165) is 12.2 Å². The smallest absolute Gasteiger partial charge is 0.0400 e. The second-order valence-corrected chi connectivity index (χ2v) is 10.0. The van der Waals surface area contributed by atoms with E-state index in [-0.39, 0.29) is 11.8 Å². The number of benzene rings is 4. The van der Waals surface area contributed by atoms with Gasteiger partial charge in [-0.15, -0.1) is 0 Å². The second kappa shape index (κ2) is 9.85. The summed E-state index contributed by atoms with van der Waals surface area (Å²) in [5.74, 6) is 0.505. The average Bonchev–Trinajstić information content (AvgIpc) is 3.21. The molecule has 0 saturated carbocycles. The molecule has 0 radical (unpaired) electrons. The molecule has 0 saturated heterocycles. The summed E-state index contributed by atoms with van der Waals surface area (Å²) in [4.78, 5) is 2.74. The number of fused-ring (bicyclic) bond motifs is 2. The zero-order valence-electron chi connectivity index (χ0n) is 19.5. The van der Waals surface area contributed by atoms with Gasteiger partial charge < -0.3 is 5.32 Å². The molecule has 6 rings (SSSR count). The molecule has 0 spiro atoms. The molecule has 2 heteroatoms. The minimum absolute atomic E-state index is 0.224. The highest BCUT2D eigenvalue weighted by Crippen LogP contribution is 2.51. The van der Waals surface area contributed by atoms with Gasteiger partial charge >= 0.3 is 0 Å². The summed E-state index contributed by atoms with van der Waals surface area (Å²) in [6.45, 7) is 0.826. The van der Waals surface area contributed by atoms with Gasteiger partial charge in [0.15, 0.2) is 0 Å². The van der Waals surface area contributed by atoms with Crippen molar-refractivity contribution in [3.05, 3.63) is 161 Å². The number of anilines is 1. The molecule has 0 fully saturated rings. The fourth-order valence-electron chi connectivity index (χ4n) is 4.99. The van der Waals surface area contributed by atoms with Gasteiger partial charge in [0, 0.05) is 33.9 Å². The third-order valence-corrected chi connectivity index (χ3v) is 8.01. The molecule has 4 aromatic rings. The summed E-state index contributed by atoms with van der Waals surface area (Å²) in [5.41, 5.74) is 7.93. The number of allylic oxidation sites excluding steroid dienone is 6. The standard InChI is InChI=1S/C33H27NS/c1-2-7-14-25(13-6-1)28-16-10-17-30-32(29-15-8-9-18-31(29)35-33(28)30)26-19-21-27(22-20-26)34-23-24-11-4-3-5-12-24/h1-22,25,32,34H,23H2. The fourth-order valence-corrected chi connectivity index (χ4v) is 6.29. The first-order valence-electron chi connectivity index (χ1n) is 12.2. The minimum atomic E-state index is 0.224. The van der Waals surface area contributed by atoms with E-state index in [4.69, 9.17) is 0 Å². The summed E-state index contributed by atoms with van der Waals surface area (Å²) in [5, 5.41) is 3.56. The minimum Gasteiger partial charge on any atom is -0.381 e. The van der Waals surface area contributed by atoms with Crippen molar-refractivity contribution in [1.82, 2.24) is 0 Å². The van der Waals surface area contributed by atoms with Gasteiger partial charge in [0.25, 0.3) is 0 Å². The first kappa shape index (κ1) is 21.8. The molecule has 1 N–H and O–H groups in total. The van der Waals surface area contributed by atoms with Gasteiger partial charge in [-0.1, -0.05) is 127 Å². The van der Waals surface area contributed by atoms with E-state index in [1.165, 1.54) is 37.6 Å².